The van der Waals surface area contributed by atoms with Crippen LogP contribution in [0.3, 0.4) is 0 Å². The van der Waals surface area contributed by atoms with Crippen LogP contribution in [0, 0.1) is 11.3 Å². The average Bonchev–Trinajstić information content (AvgIpc) is 3.18. The molecular formula is C22H22N4O3. The van der Waals surface area contributed by atoms with Crippen LogP contribution in [0.2, 0.25) is 0 Å². The van der Waals surface area contributed by atoms with E-state index in [-0.39, 0.29) is 30.3 Å². The van der Waals surface area contributed by atoms with E-state index in [4.69, 9.17) is 5.26 Å². The number of benzene rings is 2. The summed E-state index contributed by atoms with van der Waals surface area (Å²) in [6.45, 7) is 2.38. The molecule has 0 spiro atoms. The molecule has 0 aliphatic carbocycles. The number of carbonyl (C=O) groups is 3. The van der Waals surface area contributed by atoms with Gasteiger partial charge in [0.05, 0.1) is 24.2 Å². The van der Waals surface area contributed by atoms with Gasteiger partial charge in [-0.25, -0.2) is 0 Å². The van der Waals surface area contributed by atoms with Crippen LogP contribution in [0.25, 0.3) is 0 Å². The van der Waals surface area contributed by atoms with Gasteiger partial charge in [-0.05, 0) is 55.3 Å². The molecule has 7 nitrogen and oxygen atoms in total. The number of hydrogen-bond donors (Lipinski definition) is 2. The molecule has 0 radical (unpaired) electrons. The van der Waals surface area contributed by atoms with Crippen molar-refractivity contribution < 1.29 is 14.4 Å². The number of nitrogens with one attached hydrogen (secondary N) is 2. The Balaban J connectivity index is 1.49. The zero-order valence-electron chi connectivity index (χ0n) is 16.1. The summed E-state index contributed by atoms with van der Waals surface area (Å²) < 4.78 is 0. The number of nitrogens with zero attached hydrogens (tertiary/aromatic N) is 2. The van der Waals surface area contributed by atoms with Crippen molar-refractivity contribution in [2.75, 3.05) is 18.0 Å². The Morgan fingerprint density at radius 1 is 1.14 bits per heavy atom. The van der Waals surface area contributed by atoms with E-state index in [1.165, 1.54) is 0 Å². The van der Waals surface area contributed by atoms with Gasteiger partial charge in [0.15, 0.2) is 0 Å². The van der Waals surface area contributed by atoms with Crippen LogP contribution in [0.4, 0.5) is 5.69 Å². The summed E-state index contributed by atoms with van der Waals surface area (Å²) in [6, 6.07) is 15.5. The molecule has 148 valence electrons. The van der Waals surface area contributed by atoms with E-state index in [9.17, 15) is 14.4 Å². The maximum atomic E-state index is 12.3. The van der Waals surface area contributed by atoms with Crippen LogP contribution in [0.5, 0.6) is 0 Å². The second-order valence-electron chi connectivity index (χ2n) is 6.90. The third-order valence-corrected chi connectivity index (χ3v) is 4.84. The van der Waals surface area contributed by atoms with Crippen LogP contribution in [0.15, 0.2) is 48.5 Å². The third-order valence-electron chi connectivity index (χ3n) is 4.84. The van der Waals surface area contributed by atoms with Gasteiger partial charge in [-0.15, -0.1) is 0 Å². The Labute approximate surface area is 169 Å². The van der Waals surface area contributed by atoms with E-state index < -0.39 is 0 Å². The Bertz CT molecular complexity index is 946. The minimum atomic E-state index is -0.356. The van der Waals surface area contributed by atoms with Crippen molar-refractivity contribution in [2.24, 2.45) is 0 Å². The molecule has 2 N–H and O–H groups in total. The van der Waals surface area contributed by atoms with Gasteiger partial charge in [-0.3, -0.25) is 14.4 Å². The van der Waals surface area contributed by atoms with E-state index >= 15 is 0 Å². The standard InChI is InChI=1S/C22H22N4O3/c1-15(17-6-4-16(13-23)5-7-17)25-20(27)14-24-22(29)18-8-10-19(11-9-18)26-12-2-3-21(26)28/h4-11,15H,2-3,12,14H2,1H3,(H,24,29)(H,25,27). The Morgan fingerprint density at radius 3 is 2.41 bits per heavy atom. The highest BCUT2D eigenvalue weighted by Gasteiger charge is 2.21. The summed E-state index contributed by atoms with van der Waals surface area (Å²) in [4.78, 5) is 37.9. The molecule has 1 unspecified atom stereocenters. The Kier molecular flexibility index (Phi) is 6.25. The number of nitriles is 1. The zero-order chi connectivity index (χ0) is 20.8. The SMILES string of the molecule is CC(NC(=O)CNC(=O)c1ccc(N2CCCC2=O)cc1)c1ccc(C#N)cc1. The predicted octanol–water partition coefficient (Wildman–Crippen LogP) is 2.29. The van der Waals surface area contributed by atoms with Gasteiger partial charge in [0, 0.05) is 24.2 Å². The van der Waals surface area contributed by atoms with Gasteiger partial charge in [0.25, 0.3) is 5.91 Å². The van der Waals surface area contributed by atoms with Gasteiger partial charge in [0.1, 0.15) is 0 Å². The molecule has 7 heteroatoms. The van der Waals surface area contributed by atoms with Crippen molar-refractivity contribution in [1.82, 2.24) is 10.6 Å². The molecule has 1 atom stereocenters. The lowest BCUT2D eigenvalue weighted by Crippen LogP contribution is -2.38. The molecule has 1 aliphatic rings. The van der Waals surface area contributed by atoms with Crippen molar-refractivity contribution in [3.63, 3.8) is 0 Å². The third kappa shape index (κ3) is 4.99. The molecule has 3 rings (SSSR count). The summed E-state index contributed by atoms with van der Waals surface area (Å²) >= 11 is 0. The van der Waals surface area contributed by atoms with Crippen molar-refractivity contribution in [3.8, 4) is 6.07 Å². The van der Waals surface area contributed by atoms with Crippen LogP contribution < -0.4 is 15.5 Å². The fraction of sp³-hybridized carbons (Fsp3) is 0.273. The minimum absolute atomic E-state index is 0.0928. The molecule has 3 amide bonds. The second kappa shape index (κ2) is 9.02. The highest BCUT2D eigenvalue weighted by Crippen LogP contribution is 2.21. The summed E-state index contributed by atoms with van der Waals surface area (Å²) in [5.41, 5.74) is 2.63. The molecule has 1 heterocycles. The molecule has 0 bridgehead atoms. The molecular weight excluding hydrogens is 368 g/mol. The normalized spacial score (nSPS) is 14.2. The van der Waals surface area contributed by atoms with E-state index in [1.807, 2.05) is 13.0 Å². The van der Waals surface area contributed by atoms with Crippen molar-refractivity contribution in [2.45, 2.75) is 25.8 Å². The number of amides is 3. The molecule has 1 aliphatic heterocycles. The predicted molar refractivity (Wildman–Crippen MR) is 108 cm³/mol. The molecule has 0 saturated carbocycles. The largest absolute Gasteiger partial charge is 0.348 e. The first-order valence-electron chi connectivity index (χ1n) is 9.46. The van der Waals surface area contributed by atoms with Gasteiger partial charge in [-0.1, -0.05) is 12.1 Å². The first kappa shape index (κ1) is 20.1. The van der Waals surface area contributed by atoms with Crippen molar-refractivity contribution in [3.05, 3.63) is 65.2 Å². The average molecular weight is 390 g/mol. The van der Waals surface area contributed by atoms with E-state index in [2.05, 4.69) is 10.6 Å². The van der Waals surface area contributed by atoms with Gasteiger partial charge in [0.2, 0.25) is 11.8 Å². The summed E-state index contributed by atoms with van der Waals surface area (Å²) in [7, 11) is 0. The van der Waals surface area contributed by atoms with E-state index in [1.54, 1.807) is 53.4 Å². The Morgan fingerprint density at radius 2 is 1.83 bits per heavy atom. The number of rotatable bonds is 6. The molecule has 1 saturated heterocycles. The summed E-state index contributed by atoms with van der Waals surface area (Å²) in [6.07, 6.45) is 1.40. The Hall–Kier alpha value is -3.66. The van der Waals surface area contributed by atoms with Gasteiger partial charge >= 0.3 is 0 Å². The second-order valence-corrected chi connectivity index (χ2v) is 6.90. The first-order chi connectivity index (χ1) is 14.0. The smallest absolute Gasteiger partial charge is 0.251 e. The van der Waals surface area contributed by atoms with E-state index in [0.29, 0.717) is 24.1 Å². The summed E-state index contributed by atoms with van der Waals surface area (Å²) in [5.74, 6) is -0.574. The lowest BCUT2D eigenvalue weighted by Gasteiger charge is -2.16. The topological polar surface area (TPSA) is 102 Å². The molecule has 29 heavy (non-hydrogen) atoms. The van der Waals surface area contributed by atoms with Crippen LogP contribution in [0.1, 0.15) is 47.3 Å². The van der Waals surface area contributed by atoms with E-state index in [0.717, 1.165) is 17.7 Å². The quantitative estimate of drug-likeness (QED) is 0.790. The van der Waals surface area contributed by atoms with Crippen LogP contribution in [-0.4, -0.2) is 30.8 Å². The minimum Gasteiger partial charge on any atom is -0.348 e. The molecule has 2 aromatic carbocycles. The highest BCUT2D eigenvalue weighted by molar-refractivity contribution is 5.98. The molecule has 0 aromatic heterocycles. The highest BCUT2D eigenvalue weighted by atomic mass is 16.2. The maximum absolute atomic E-state index is 12.3. The first-order valence-corrected chi connectivity index (χ1v) is 9.46. The number of anilines is 1. The lowest BCUT2D eigenvalue weighted by atomic mass is 10.1. The molecule has 1 fully saturated rings. The molecule has 2 aromatic rings. The zero-order valence-corrected chi connectivity index (χ0v) is 16.1. The summed E-state index contributed by atoms with van der Waals surface area (Å²) in [5, 5.41) is 14.2. The van der Waals surface area contributed by atoms with Gasteiger partial charge in [-0.2, -0.15) is 5.26 Å². The fourth-order valence-corrected chi connectivity index (χ4v) is 3.20. The van der Waals surface area contributed by atoms with Crippen molar-refractivity contribution >= 4 is 23.4 Å². The number of carbonyl (C=O) groups excluding carboxylic acids is 3. The van der Waals surface area contributed by atoms with Crippen LogP contribution in [-0.2, 0) is 9.59 Å². The van der Waals surface area contributed by atoms with Crippen LogP contribution >= 0.6 is 0 Å². The monoisotopic (exact) mass is 390 g/mol. The lowest BCUT2D eigenvalue weighted by molar-refractivity contribution is -0.120. The van der Waals surface area contributed by atoms with Gasteiger partial charge < -0.3 is 15.5 Å². The fourth-order valence-electron chi connectivity index (χ4n) is 3.20. The maximum Gasteiger partial charge on any atom is 0.251 e. The van der Waals surface area contributed by atoms with Crippen molar-refractivity contribution in [1.29, 1.82) is 5.26 Å². The number of hydrogen-bond acceptors (Lipinski definition) is 4.